The molecule has 4 nitrogen and oxygen atoms in total. The molecule has 2 rings (SSSR count). The number of amides is 1. The fourth-order valence-corrected chi connectivity index (χ4v) is 3.05. The summed E-state index contributed by atoms with van der Waals surface area (Å²) in [6, 6.07) is 6.55. The van der Waals surface area contributed by atoms with Crippen molar-refractivity contribution >= 4 is 55.8 Å². The van der Waals surface area contributed by atoms with Gasteiger partial charge in [0, 0.05) is 9.26 Å². The number of benzene rings is 2. The number of rotatable bonds is 5. The van der Waals surface area contributed by atoms with E-state index in [4.69, 9.17) is 11.3 Å². The zero-order chi connectivity index (χ0) is 18.6. The van der Waals surface area contributed by atoms with Crippen LogP contribution in [0.25, 0.3) is 0 Å². The van der Waals surface area contributed by atoms with Gasteiger partial charge >= 0.3 is 0 Å². The Labute approximate surface area is 165 Å². The Kier molecular flexibility index (Phi) is 6.75. The normalized spacial score (nSPS) is 10.2. The zero-order valence-electron chi connectivity index (χ0n) is 12.9. The van der Waals surface area contributed by atoms with E-state index in [2.05, 4.69) is 55.2 Å². The van der Waals surface area contributed by atoms with Gasteiger partial charge in [-0.2, -0.15) is 0 Å². The topological polar surface area (TPSA) is 50.4 Å². The number of nitrogens with one attached hydrogen (secondary N) is 2. The van der Waals surface area contributed by atoms with Crippen LogP contribution in [0, 0.1) is 34.5 Å². The molecule has 2 N–H and O–H groups in total. The van der Waals surface area contributed by atoms with Crippen LogP contribution >= 0.6 is 38.5 Å². The minimum Gasteiger partial charge on any atom is -0.352 e. The Balaban J connectivity index is 2.46. The van der Waals surface area contributed by atoms with Crippen molar-refractivity contribution in [3.05, 3.63) is 55.1 Å². The van der Waals surface area contributed by atoms with E-state index in [0.29, 0.717) is 5.69 Å². The maximum atomic E-state index is 14.4. The predicted octanol–water partition coefficient (Wildman–Crippen LogP) is 4.68. The van der Waals surface area contributed by atoms with E-state index in [-0.39, 0.29) is 22.3 Å². The fraction of sp³-hybridized carbons (Fsp3) is 0.118. The van der Waals surface area contributed by atoms with E-state index in [1.54, 1.807) is 12.1 Å². The van der Waals surface area contributed by atoms with Gasteiger partial charge in [-0.05, 0) is 75.3 Å². The SMILES string of the molecule is C#CCONC(=O)c1cc(Br)c(F)c(F)c1Nc1ccc(I)cc1C. The van der Waals surface area contributed by atoms with E-state index in [0.717, 1.165) is 15.2 Å². The third-order valence-corrected chi connectivity index (χ3v) is 4.42. The summed E-state index contributed by atoms with van der Waals surface area (Å²) in [5, 5.41) is 2.78. The first-order valence-electron chi connectivity index (χ1n) is 6.91. The molecule has 1 amide bonds. The summed E-state index contributed by atoms with van der Waals surface area (Å²) in [7, 11) is 0. The standard InChI is InChI=1S/C17H12BrF2IN2O2/c1-3-6-25-23-17(24)11-8-12(18)14(19)15(20)16(11)22-13-5-4-10(21)7-9(13)2/h1,4-5,7-8,22H,6H2,2H3,(H,23,24). The number of hydrogen-bond acceptors (Lipinski definition) is 3. The summed E-state index contributed by atoms with van der Waals surface area (Å²) in [6.45, 7) is 1.66. The van der Waals surface area contributed by atoms with Crippen molar-refractivity contribution in [3.8, 4) is 12.3 Å². The van der Waals surface area contributed by atoms with E-state index < -0.39 is 17.5 Å². The lowest BCUT2D eigenvalue weighted by atomic mass is 10.1. The van der Waals surface area contributed by atoms with Gasteiger partial charge < -0.3 is 5.32 Å². The minimum atomic E-state index is -1.19. The monoisotopic (exact) mass is 520 g/mol. The second-order valence-corrected chi connectivity index (χ2v) is 7.02. The molecular formula is C17H12BrF2IN2O2. The maximum absolute atomic E-state index is 14.4. The molecule has 0 aliphatic heterocycles. The van der Waals surface area contributed by atoms with Crippen LogP contribution in [0.15, 0.2) is 28.7 Å². The second-order valence-electron chi connectivity index (χ2n) is 4.92. The third kappa shape index (κ3) is 4.68. The Bertz CT molecular complexity index is 869. The summed E-state index contributed by atoms with van der Waals surface area (Å²) >= 11 is 5.03. The lowest BCUT2D eigenvalue weighted by Crippen LogP contribution is -2.25. The van der Waals surface area contributed by atoms with Crippen molar-refractivity contribution in [2.75, 3.05) is 11.9 Å². The molecule has 0 heterocycles. The van der Waals surface area contributed by atoms with Gasteiger partial charge in [0.25, 0.3) is 5.91 Å². The molecular weight excluding hydrogens is 509 g/mol. The summed E-state index contributed by atoms with van der Waals surface area (Å²) < 4.78 is 29.2. The van der Waals surface area contributed by atoms with Crippen LogP contribution in [-0.2, 0) is 4.84 Å². The van der Waals surface area contributed by atoms with Gasteiger partial charge in [-0.15, -0.1) is 6.42 Å². The van der Waals surface area contributed by atoms with Crippen molar-refractivity contribution in [1.82, 2.24) is 5.48 Å². The van der Waals surface area contributed by atoms with Crippen LogP contribution in [-0.4, -0.2) is 12.5 Å². The molecule has 0 aliphatic carbocycles. The molecule has 0 bridgehead atoms. The summed E-state index contributed by atoms with van der Waals surface area (Å²) in [5.41, 5.74) is 3.00. The number of carbonyl (C=O) groups is 1. The van der Waals surface area contributed by atoms with Gasteiger partial charge in [0.2, 0.25) is 0 Å². The number of terminal acetylenes is 1. The van der Waals surface area contributed by atoms with Gasteiger partial charge in [-0.3, -0.25) is 9.63 Å². The largest absolute Gasteiger partial charge is 0.352 e. The van der Waals surface area contributed by atoms with Crippen LogP contribution in [0.3, 0.4) is 0 Å². The van der Waals surface area contributed by atoms with Gasteiger partial charge in [-0.25, -0.2) is 14.3 Å². The van der Waals surface area contributed by atoms with Gasteiger partial charge in [-0.1, -0.05) is 5.92 Å². The first-order chi connectivity index (χ1) is 11.8. The molecule has 0 aliphatic rings. The molecule has 0 spiro atoms. The highest BCUT2D eigenvalue weighted by Crippen LogP contribution is 2.32. The minimum absolute atomic E-state index is 0.138. The lowest BCUT2D eigenvalue weighted by Gasteiger charge is -2.16. The van der Waals surface area contributed by atoms with Gasteiger partial charge in [0.1, 0.15) is 6.61 Å². The van der Waals surface area contributed by atoms with Gasteiger partial charge in [0.05, 0.1) is 15.7 Å². The summed E-state index contributed by atoms with van der Waals surface area (Å²) in [6.07, 6.45) is 5.03. The van der Waals surface area contributed by atoms with Crippen LogP contribution in [0.2, 0.25) is 0 Å². The maximum Gasteiger partial charge on any atom is 0.277 e. The van der Waals surface area contributed by atoms with Crippen molar-refractivity contribution in [2.45, 2.75) is 6.92 Å². The first kappa shape index (κ1) is 19.6. The Morgan fingerprint density at radius 2 is 2.08 bits per heavy atom. The quantitative estimate of drug-likeness (QED) is 0.198. The van der Waals surface area contributed by atoms with Crippen LogP contribution in [0.1, 0.15) is 15.9 Å². The zero-order valence-corrected chi connectivity index (χ0v) is 16.7. The Hall–Kier alpha value is -1.70. The molecule has 0 radical (unpaired) electrons. The van der Waals surface area contributed by atoms with E-state index in [1.165, 1.54) is 0 Å². The number of anilines is 2. The van der Waals surface area contributed by atoms with E-state index in [9.17, 15) is 13.6 Å². The number of halogens is 4. The number of aryl methyl sites for hydroxylation is 1. The number of hydroxylamine groups is 1. The molecule has 0 saturated carbocycles. The average Bonchev–Trinajstić information content (AvgIpc) is 2.57. The average molecular weight is 521 g/mol. The fourth-order valence-electron chi connectivity index (χ4n) is 2.00. The second kappa shape index (κ2) is 8.60. The molecule has 25 heavy (non-hydrogen) atoms. The molecule has 0 atom stereocenters. The van der Waals surface area contributed by atoms with Crippen molar-refractivity contribution in [2.24, 2.45) is 0 Å². The predicted molar refractivity (Wildman–Crippen MR) is 103 cm³/mol. The Morgan fingerprint density at radius 1 is 1.36 bits per heavy atom. The first-order valence-corrected chi connectivity index (χ1v) is 8.78. The third-order valence-electron chi connectivity index (χ3n) is 3.18. The van der Waals surface area contributed by atoms with E-state index in [1.807, 2.05) is 13.0 Å². The summed E-state index contributed by atoms with van der Waals surface area (Å²) in [5.74, 6) is -0.877. The van der Waals surface area contributed by atoms with Crippen molar-refractivity contribution in [3.63, 3.8) is 0 Å². The molecule has 8 heteroatoms. The molecule has 0 fully saturated rings. The Morgan fingerprint density at radius 3 is 2.72 bits per heavy atom. The van der Waals surface area contributed by atoms with E-state index >= 15 is 0 Å². The molecule has 0 aromatic heterocycles. The number of carbonyl (C=O) groups excluding carboxylic acids is 1. The molecule has 2 aromatic carbocycles. The van der Waals surface area contributed by atoms with Gasteiger partial charge in [0.15, 0.2) is 11.6 Å². The molecule has 130 valence electrons. The van der Waals surface area contributed by atoms with Crippen LogP contribution < -0.4 is 10.8 Å². The van der Waals surface area contributed by atoms with Crippen LogP contribution in [0.4, 0.5) is 20.2 Å². The lowest BCUT2D eigenvalue weighted by molar-refractivity contribution is 0.0438. The number of hydrogen-bond donors (Lipinski definition) is 2. The van der Waals surface area contributed by atoms with Crippen molar-refractivity contribution in [1.29, 1.82) is 0 Å². The summed E-state index contributed by atoms with van der Waals surface area (Å²) in [4.78, 5) is 17.0. The highest BCUT2D eigenvalue weighted by atomic mass is 127. The smallest absolute Gasteiger partial charge is 0.277 e. The molecule has 0 unspecified atom stereocenters. The molecule has 2 aromatic rings. The van der Waals surface area contributed by atoms with Crippen molar-refractivity contribution < 1.29 is 18.4 Å². The van der Waals surface area contributed by atoms with Crippen LogP contribution in [0.5, 0.6) is 0 Å². The molecule has 0 saturated heterocycles. The highest BCUT2D eigenvalue weighted by molar-refractivity contribution is 14.1. The highest BCUT2D eigenvalue weighted by Gasteiger charge is 2.22.